The van der Waals surface area contributed by atoms with Crippen molar-refractivity contribution < 1.29 is 46.7 Å². The summed E-state index contributed by atoms with van der Waals surface area (Å²) >= 11 is 0. The van der Waals surface area contributed by atoms with Gasteiger partial charge in [-0.05, 0) is 42.6 Å². The highest BCUT2D eigenvalue weighted by Crippen LogP contribution is 2.65. The minimum absolute atomic E-state index is 0.0387. The molecule has 11 rings (SSSR count). The Morgan fingerprint density at radius 1 is 0.924 bits per heavy atom. The SMILES string of the molecule is CC(=O)NCC#Cc1cnc(-c2c[n+](CC3OCC(C)(C)CO3)n(C3CC3Oc3cc(C#CCN4CC5(C4)CC5(F)F)cnc3-c3cn(CC4OCC5(CC5)CO4)nn3)n2)c(OC2CC2)c1. The maximum absolute atomic E-state index is 13.8. The van der Waals surface area contributed by atoms with Crippen LogP contribution in [0.5, 0.6) is 11.5 Å². The third-order valence-electron chi connectivity index (χ3n) is 13.1. The number of carbonyl (C=O) groups excluding carboxylic acids is 1. The van der Waals surface area contributed by atoms with Gasteiger partial charge in [0.05, 0.1) is 68.9 Å². The van der Waals surface area contributed by atoms with Gasteiger partial charge in [0.2, 0.25) is 5.91 Å². The molecule has 2 atom stereocenters. The first-order chi connectivity index (χ1) is 31.8. The molecule has 0 radical (unpaired) electrons. The quantitative estimate of drug-likeness (QED) is 0.153. The predicted octanol–water partition coefficient (Wildman–Crippen LogP) is 3.55. The van der Waals surface area contributed by atoms with Gasteiger partial charge in [0.25, 0.3) is 11.6 Å². The molecule has 4 aromatic rings. The van der Waals surface area contributed by atoms with Crippen molar-refractivity contribution in [3.8, 4) is 58.0 Å². The molecule has 1 N–H and O–H groups in total. The molecule has 2 spiro atoms. The normalized spacial score (nSPS) is 25.2. The van der Waals surface area contributed by atoms with Crippen molar-refractivity contribution >= 4 is 5.91 Å². The molecular formula is C47H53F2N10O7+. The van der Waals surface area contributed by atoms with Gasteiger partial charge < -0.3 is 33.7 Å². The summed E-state index contributed by atoms with van der Waals surface area (Å²) in [5.41, 5.74) is 2.67. The van der Waals surface area contributed by atoms with E-state index in [-0.39, 0.29) is 48.0 Å². The van der Waals surface area contributed by atoms with Crippen molar-refractivity contribution in [3.05, 3.63) is 48.0 Å². The summed E-state index contributed by atoms with van der Waals surface area (Å²) < 4.78 is 68.9. The number of aromatic nitrogens is 8. The molecule has 2 unspecified atom stereocenters. The van der Waals surface area contributed by atoms with E-state index in [1.807, 2.05) is 32.7 Å². The van der Waals surface area contributed by atoms with Crippen LogP contribution in [0.2, 0.25) is 0 Å². The average Bonchev–Trinajstić information content (AvgIpc) is 4.23. The lowest BCUT2D eigenvalue weighted by Gasteiger charge is -2.38. The van der Waals surface area contributed by atoms with E-state index in [0.29, 0.717) is 111 Å². The van der Waals surface area contributed by atoms with Gasteiger partial charge in [0.15, 0.2) is 42.8 Å². The Kier molecular flexibility index (Phi) is 10.8. The topological polar surface area (TPSA) is 166 Å². The Hall–Kier alpha value is -5.57. The van der Waals surface area contributed by atoms with Crippen molar-refractivity contribution in [2.75, 3.05) is 52.6 Å². The van der Waals surface area contributed by atoms with Gasteiger partial charge in [-0.15, -0.1) is 5.10 Å². The lowest BCUT2D eigenvalue weighted by atomic mass is 9.96. The summed E-state index contributed by atoms with van der Waals surface area (Å²) in [4.78, 5) is 24.8. The first kappa shape index (κ1) is 43.0. The Morgan fingerprint density at radius 3 is 2.26 bits per heavy atom. The summed E-state index contributed by atoms with van der Waals surface area (Å²) in [5.74, 6) is 10.7. The maximum Gasteiger partial charge on any atom is 0.270 e. The fourth-order valence-corrected chi connectivity index (χ4v) is 8.60. The van der Waals surface area contributed by atoms with Gasteiger partial charge in [0.1, 0.15) is 23.2 Å². The molecule has 17 nitrogen and oxygen atoms in total. The van der Waals surface area contributed by atoms with Gasteiger partial charge in [0, 0.05) is 67.2 Å². The molecule has 4 saturated carbocycles. The molecule has 1 amide bonds. The highest BCUT2D eigenvalue weighted by molar-refractivity contribution is 5.73. The van der Waals surface area contributed by atoms with E-state index in [2.05, 4.69) is 53.2 Å². The van der Waals surface area contributed by atoms with Gasteiger partial charge in [-0.3, -0.25) is 9.69 Å². The average molecular weight is 908 g/mol. The van der Waals surface area contributed by atoms with E-state index in [1.165, 1.54) is 6.92 Å². The summed E-state index contributed by atoms with van der Waals surface area (Å²) in [5, 5.41) is 16.7. The molecule has 0 aromatic carbocycles. The second kappa shape index (κ2) is 16.6. The van der Waals surface area contributed by atoms with Crippen molar-refractivity contribution in [1.29, 1.82) is 0 Å². The van der Waals surface area contributed by atoms with Crippen LogP contribution in [-0.4, -0.2) is 129 Å². The number of nitrogens with zero attached hydrogens (tertiary/aromatic N) is 9. The number of amides is 1. The molecule has 0 bridgehead atoms. The summed E-state index contributed by atoms with van der Waals surface area (Å²) in [6.45, 7) is 10.2. The molecule has 7 fully saturated rings. The van der Waals surface area contributed by atoms with Crippen molar-refractivity contribution in [2.45, 2.75) is 109 Å². The molecule has 346 valence electrons. The zero-order valence-electron chi connectivity index (χ0n) is 37.3. The van der Waals surface area contributed by atoms with Crippen LogP contribution in [0.4, 0.5) is 8.78 Å². The molecule has 4 aromatic heterocycles. The number of alkyl halides is 2. The summed E-state index contributed by atoms with van der Waals surface area (Å²) in [6.07, 6.45) is 10.7. The van der Waals surface area contributed by atoms with E-state index in [9.17, 15) is 13.6 Å². The predicted molar refractivity (Wildman–Crippen MR) is 228 cm³/mol. The molecular weight excluding hydrogens is 855 g/mol. The van der Waals surface area contributed by atoms with Gasteiger partial charge in [-0.1, -0.05) is 42.7 Å². The smallest absolute Gasteiger partial charge is 0.270 e. The van der Waals surface area contributed by atoms with E-state index in [0.717, 1.165) is 25.7 Å². The maximum atomic E-state index is 13.8. The number of likely N-dealkylation sites (tertiary alicyclic amines) is 1. The van der Waals surface area contributed by atoms with Crippen LogP contribution < -0.4 is 19.5 Å². The molecule has 7 aliphatic rings. The largest absolute Gasteiger partial charge is 0.488 e. The zero-order chi connectivity index (χ0) is 45.3. The number of pyridine rings is 2. The third kappa shape index (κ3) is 9.37. The monoisotopic (exact) mass is 907 g/mol. The third-order valence-corrected chi connectivity index (χ3v) is 13.1. The number of ether oxygens (including phenoxy) is 6. The van der Waals surface area contributed by atoms with Crippen molar-refractivity contribution in [2.24, 2.45) is 16.2 Å². The minimum atomic E-state index is -2.56. The molecule has 3 aliphatic heterocycles. The second-order valence-electron chi connectivity index (χ2n) is 19.9. The summed E-state index contributed by atoms with van der Waals surface area (Å²) in [6, 6.07) is 3.52. The molecule has 7 heterocycles. The molecule has 3 saturated heterocycles. The van der Waals surface area contributed by atoms with Crippen LogP contribution in [0.3, 0.4) is 0 Å². The van der Waals surface area contributed by atoms with E-state index >= 15 is 0 Å². The number of nitrogens with one attached hydrogen (secondary N) is 1. The second-order valence-corrected chi connectivity index (χ2v) is 19.9. The van der Waals surface area contributed by atoms with Gasteiger partial charge in [-0.25, -0.2) is 23.4 Å². The Balaban J connectivity index is 0.857. The van der Waals surface area contributed by atoms with Crippen LogP contribution in [-0.2, 0) is 36.8 Å². The van der Waals surface area contributed by atoms with Crippen LogP contribution in [0.1, 0.15) is 76.5 Å². The van der Waals surface area contributed by atoms with Crippen molar-refractivity contribution in [3.63, 3.8) is 0 Å². The molecule has 4 aliphatic carbocycles. The number of halogens is 2. The number of hydrogen-bond donors (Lipinski definition) is 1. The molecule has 19 heteroatoms. The number of hydrogen-bond acceptors (Lipinski definition) is 13. The fraction of sp³-hybridized carbons (Fsp3) is 0.596. The molecule has 66 heavy (non-hydrogen) atoms. The lowest BCUT2D eigenvalue weighted by molar-refractivity contribution is -0.791. The minimum Gasteiger partial charge on any atom is -0.488 e. The van der Waals surface area contributed by atoms with E-state index in [4.69, 9.17) is 43.5 Å². The summed E-state index contributed by atoms with van der Waals surface area (Å²) in [7, 11) is 0. The fourth-order valence-electron chi connectivity index (χ4n) is 8.60. The van der Waals surface area contributed by atoms with E-state index < -0.39 is 23.9 Å². The number of carbonyl (C=O) groups is 1. The first-order valence-electron chi connectivity index (χ1n) is 22.8. The Morgan fingerprint density at radius 2 is 1.59 bits per heavy atom. The van der Waals surface area contributed by atoms with Crippen LogP contribution >= 0.6 is 0 Å². The highest BCUT2D eigenvalue weighted by atomic mass is 19.3. The lowest BCUT2D eigenvalue weighted by Crippen LogP contribution is -2.51. The zero-order valence-corrected chi connectivity index (χ0v) is 37.3. The van der Waals surface area contributed by atoms with Crippen LogP contribution in [0, 0.1) is 39.9 Å². The highest BCUT2D eigenvalue weighted by Gasteiger charge is 2.75. The van der Waals surface area contributed by atoms with Gasteiger partial charge in [-0.2, -0.15) is 4.68 Å². The van der Waals surface area contributed by atoms with Crippen LogP contribution in [0.15, 0.2) is 36.9 Å². The Bertz CT molecular complexity index is 2630. The standard InChI is InChI=1S/C47H52F2N10O7/c1-30(60)50-12-4-6-31-14-38(65-33-8-9-33)43(52-17-31)35-20-58(22-41-61-26-44(2,3)27-62-41)59(54-35)36-16-37(36)66-39-15-32(7-5-13-56-24-46(25-56)23-47(46,48)49)18-51-42(39)34-19-57(55-53-34)21-40-63-28-45(10-11-45)29-64-40/h14-15,17-20,33,36-37,40-41H,8-13,16,21-29H2,1-3H3/p+1. The van der Waals surface area contributed by atoms with Crippen LogP contribution in [0.25, 0.3) is 22.8 Å². The van der Waals surface area contributed by atoms with Crippen molar-refractivity contribution in [1.82, 2.24) is 45.1 Å². The first-order valence-corrected chi connectivity index (χ1v) is 22.8. The van der Waals surface area contributed by atoms with Gasteiger partial charge >= 0.3 is 0 Å². The van der Waals surface area contributed by atoms with E-state index in [1.54, 1.807) is 23.3 Å². The number of rotatable bonds is 13. The Labute approximate surface area is 380 Å².